The van der Waals surface area contributed by atoms with Gasteiger partial charge in [-0.15, -0.1) is 0 Å². The summed E-state index contributed by atoms with van der Waals surface area (Å²) in [5.74, 6) is 0.773. The average molecular weight is 411 g/mol. The maximum atomic E-state index is 13.1. The van der Waals surface area contributed by atoms with Gasteiger partial charge in [-0.25, -0.2) is 0 Å². The maximum absolute atomic E-state index is 13.1. The fourth-order valence-corrected chi connectivity index (χ4v) is 3.31. The van der Waals surface area contributed by atoms with E-state index in [1.165, 1.54) is 5.01 Å². The fourth-order valence-electron chi connectivity index (χ4n) is 3.04. The summed E-state index contributed by atoms with van der Waals surface area (Å²) in [6.45, 7) is 6.01. The number of hydrogen-bond donors (Lipinski definition) is 0. The van der Waals surface area contributed by atoms with E-state index in [4.69, 9.17) is 21.1 Å². The Balaban J connectivity index is 2.00. The van der Waals surface area contributed by atoms with Crippen LogP contribution in [-0.2, 0) is 4.79 Å². The van der Waals surface area contributed by atoms with Crippen molar-refractivity contribution in [3.05, 3.63) is 71.3 Å². The Bertz CT molecular complexity index is 968. The van der Waals surface area contributed by atoms with E-state index in [1.54, 1.807) is 31.4 Å². The molecule has 29 heavy (non-hydrogen) atoms. The van der Waals surface area contributed by atoms with Crippen molar-refractivity contribution in [3.8, 4) is 11.5 Å². The van der Waals surface area contributed by atoms with Crippen LogP contribution in [0, 0.1) is 0 Å². The van der Waals surface area contributed by atoms with Gasteiger partial charge in [0.1, 0.15) is 6.61 Å². The minimum atomic E-state index is -0.165. The molecule has 0 saturated heterocycles. The molecule has 0 radical (unpaired) electrons. The third-order valence-electron chi connectivity index (χ3n) is 4.35. The van der Waals surface area contributed by atoms with Gasteiger partial charge in [-0.3, -0.25) is 4.79 Å². The Kier molecular flexibility index (Phi) is 6.73. The number of rotatable bonds is 8. The quantitative estimate of drug-likeness (QED) is 0.426. The number of hydrazone groups is 1. The number of carbonyl (C=O) groups is 1. The van der Waals surface area contributed by atoms with Crippen LogP contribution in [0.3, 0.4) is 0 Å². The summed E-state index contributed by atoms with van der Waals surface area (Å²) in [4.78, 5) is 13.1. The van der Waals surface area contributed by atoms with Crippen molar-refractivity contribution in [3.63, 3.8) is 0 Å². The number of ether oxygens (including phenoxy) is 2. The van der Waals surface area contributed by atoms with Gasteiger partial charge in [0.05, 0.1) is 29.1 Å². The molecule has 0 atom stereocenters. The van der Waals surface area contributed by atoms with Crippen molar-refractivity contribution >= 4 is 35.0 Å². The van der Waals surface area contributed by atoms with Crippen LogP contribution in [0.15, 0.2) is 65.8 Å². The first-order chi connectivity index (χ1) is 14.1. The third-order valence-corrected chi connectivity index (χ3v) is 4.63. The van der Waals surface area contributed by atoms with Crippen LogP contribution in [0.1, 0.15) is 25.3 Å². The highest BCUT2D eigenvalue weighted by atomic mass is 35.5. The van der Waals surface area contributed by atoms with Gasteiger partial charge in [-0.1, -0.05) is 55.8 Å². The van der Waals surface area contributed by atoms with Crippen LogP contribution in [0.5, 0.6) is 11.5 Å². The van der Waals surface area contributed by atoms with E-state index in [1.807, 2.05) is 30.3 Å². The van der Waals surface area contributed by atoms with Crippen LogP contribution in [0.25, 0.3) is 6.08 Å². The Labute approximate surface area is 175 Å². The average Bonchev–Trinajstić information content (AvgIpc) is 3.03. The van der Waals surface area contributed by atoms with E-state index < -0.39 is 0 Å². The molecule has 1 aliphatic heterocycles. The molecule has 0 saturated carbocycles. The topological polar surface area (TPSA) is 51.1 Å². The molecule has 0 N–H and O–H groups in total. The van der Waals surface area contributed by atoms with Gasteiger partial charge < -0.3 is 9.47 Å². The number of methoxy groups -OCH3 is 1. The molecule has 0 unspecified atom stereocenters. The molecule has 0 aliphatic carbocycles. The second-order valence-electron chi connectivity index (χ2n) is 6.44. The number of anilines is 1. The minimum Gasteiger partial charge on any atom is -0.493 e. The van der Waals surface area contributed by atoms with Gasteiger partial charge in [-0.2, -0.15) is 10.1 Å². The van der Waals surface area contributed by atoms with E-state index in [2.05, 4.69) is 18.6 Å². The van der Waals surface area contributed by atoms with E-state index in [0.717, 1.165) is 23.4 Å². The van der Waals surface area contributed by atoms with Gasteiger partial charge in [0.2, 0.25) is 0 Å². The van der Waals surface area contributed by atoms with E-state index in [9.17, 15) is 4.79 Å². The smallest absolute Gasteiger partial charge is 0.280 e. The van der Waals surface area contributed by atoms with Crippen molar-refractivity contribution in [1.29, 1.82) is 0 Å². The highest BCUT2D eigenvalue weighted by Crippen LogP contribution is 2.37. The van der Waals surface area contributed by atoms with Crippen LogP contribution < -0.4 is 14.5 Å². The summed E-state index contributed by atoms with van der Waals surface area (Å²) in [5.41, 5.74) is 2.77. The van der Waals surface area contributed by atoms with E-state index in [0.29, 0.717) is 35.1 Å². The molecule has 2 aromatic carbocycles. The normalized spacial score (nSPS) is 14.9. The second-order valence-corrected chi connectivity index (χ2v) is 6.85. The molecule has 3 rings (SSSR count). The molecule has 150 valence electrons. The molecule has 2 aromatic rings. The summed E-state index contributed by atoms with van der Waals surface area (Å²) >= 11 is 6.40. The first-order valence-electron chi connectivity index (χ1n) is 9.39. The largest absolute Gasteiger partial charge is 0.493 e. The zero-order valence-electron chi connectivity index (χ0n) is 16.5. The van der Waals surface area contributed by atoms with Gasteiger partial charge in [0, 0.05) is 0 Å². The van der Waals surface area contributed by atoms with E-state index in [-0.39, 0.29) is 5.91 Å². The van der Waals surface area contributed by atoms with Gasteiger partial charge in [-0.05, 0) is 42.3 Å². The fraction of sp³-hybridized carbons (Fsp3) is 0.217. The summed E-state index contributed by atoms with van der Waals surface area (Å²) < 4.78 is 11.0. The van der Waals surface area contributed by atoms with Crippen LogP contribution in [-0.4, -0.2) is 25.3 Å². The van der Waals surface area contributed by atoms with Gasteiger partial charge in [0.25, 0.3) is 5.91 Å². The third kappa shape index (κ3) is 4.51. The van der Waals surface area contributed by atoms with E-state index >= 15 is 0 Å². The lowest BCUT2D eigenvalue weighted by atomic mass is 10.0. The second kappa shape index (κ2) is 9.43. The van der Waals surface area contributed by atoms with Crippen molar-refractivity contribution < 1.29 is 14.3 Å². The number of nitrogens with zero attached hydrogens (tertiary/aromatic N) is 2. The Morgan fingerprint density at radius 1 is 1.24 bits per heavy atom. The minimum absolute atomic E-state index is 0.165. The summed E-state index contributed by atoms with van der Waals surface area (Å²) in [6, 6.07) is 12.9. The van der Waals surface area contributed by atoms with Gasteiger partial charge >= 0.3 is 0 Å². The molecule has 6 heteroatoms. The van der Waals surface area contributed by atoms with Crippen molar-refractivity contribution in [2.75, 3.05) is 18.7 Å². The SMILES string of the molecule is C=CCOc1c(Cl)cc(/C=C2/C(=O)N(c3ccccc3)N=C2CCC)cc1OC. The maximum Gasteiger partial charge on any atom is 0.280 e. The first kappa shape index (κ1) is 20.7. The van der Waals surface area contributed by atoms with Crippen LogP contribution in [0.2, 0.25) is 5.02 Å². The molecule has 5 nitrogen and oxygen atoms in total. The Morgan fingerprint density at radius 2 is 2.00 bits per heavy atom. The Morgan fingerprint density at radius 3 is 2.66 bits per heavy atom. The van der Waals surface area contributed by atoms with Crippen molar-refractivity contribution in [2.24, 2.45) is 5.10 Å². The molecule has 1 aliphatic rings. The highest BCUT2D eigenvalue weighted by Gasteiger charge is 2.30. The number of para-hydroxylation sites is 1. The number of carbonyl (C=O) groups excluding carboxylic acids is 1. The Hall–Kier alpha value is -3.05. The van der Waals surface area contributed by atoms with Crippen LogP contribution in [0.4, 0.5) is 5.69 Å². The standard InChI is InChI=1S/C23H23ClN2O3/c1-4-9-20-18(23(27)26(25-20)17-10-7-6-8-11-17)13-16-14-19(24)22(29-12-5-2)21(15-16)28-3/h5-8,10-11,13-15H,2,4,9,12H2,1,3H3/b18-13+. The molecule has 0 spiro atoms. The number of benzene rings is 2. The van der Waals surface area contributed by atoms with Crippen molar-refractivity contribution in [2.45, 2.75) is 19.8 Å². The first-order valence-corrected chi connectivity index (χ1v) is 9.77. The zero-order chi connectivity index (χ0) is 20.8. The monoisotopic (exact) mass is 410 g/mol. The number of halogens is 1. The molecular formula is C23H23ClN2O3. The number of amides is 1. The lowest BCUT2D eigenvalue weighted by Gasteiger charge is -2.13. The van der Waals surface area contributed by atoms with Crippen LogP contribution >= 0.6 is 11.6 Å². The molecule has 0 bridgehead atoms. The summed E-state index contributed by atoms with van der Waals surface area (Å²) in [6.07, 6.45) is 5.01. The summed E-state index contributed by atoms with van der Waals surface area (Å²) in [5, 5.41) is 6.40. The lowest BCUT2D eigenvalue weighted by Crippen LogP contribution is -2.21. The molecule has 0 aromatic heterocycles. The molecule has 1 amide bonds. The summed E-state index contributed by atoms with van der Waals surface area (Å²) in [7, 11) is 1.55. The van der Waals surface area contributed by atoms with Crippen molar-refractivity contribution in [1.82, 2.24) is 0 Å². The van der Waals surface area contributed by atoms with Gasteiger partial charge in [0.15, 0.2) is 11.5 Å². The zero-order valence-corrected chi connectivity index (χ0v) is 17.3. The lowest BCUT2D eigenvalue weighted by molar-refractivity contribution is -0.114. The molecule has 1 heterocycles. The number of hydrogen-bond acceptors (Lipinski definition) is 4. The predicted octanol–water partition coefficient (Wildman–Crippen LogP) is 5.50. The molecular weight excluding hydrogens is 388 g/mol. The highest BCUT2D eigenvalue weighted by molar-refractivity contribution is 6.34. The predicted molar refractivity (Wildman–Crippen MR) is 118 cm³/mol. The molecule has 0 fully saturated rings.